The van der Waals surface area contributed by atoms with Crippen molar-refractivity contribution < 1.29 is 4.79 Å². The normalized spacial score (nSPS) is 14.0. The molecule has 0 atom stereocenters. The van der Waals surface area contributed by atoms with Crippen LogP contribution in [-0.4, -0.2) is 42.3 Å². The van der Waals surface area contributed by atoms with Crippen LogP contribution in [-0.2, 0) is 24.4 Å². The van der Waals surface area contributed by atoms with Gasteiger partial charge < -0.3 is 15.1 Å². The van der Waals surface area contributed by atoms with Crippen molar-refractivity contribution in [1.82, 2.24) is 15.1 Å². The van der Waals surface area contributed by atoms with Gasteiger partial charge in [0.1, 0.15) is 0 Å². The molecular formula is C23H31IN4O. The lowest BCUT2D eigenvalue weighted by atomic mass is 10.1. The number of aryl methyl sites for hydroxylation is 1. The second kappa shape index (κ2) is 11.2. The summed E-state index contributed by atoms with van der Waals surface area (Å²) in [6.45, 7) is 5.22. The predicted octanol–water partition coefficient (Wildman–Crippen LogP) is 3.94. The summed E-state index contributed by atoms with van der Waals surface area (Å²) in [4.78, 5) is 20.4. The minimum Gasteiger partial charge on any atom is -0.352 e. The zero-order chi connectivity index (χ0) is 19.9. The van der Waals surface area contributed by atoms with Crippen molar-refractivity contribution >= 4 is 35.8 Å². The van der Waals surface area contributed by atoms with E-state index < -0.39 is 0 Å². The van der Waals surface area contributed by atoms with Crippen LogP contribution in [0.1, 0.15) is 35.1 Å². The van der Waals surface area contributed by atoms with E-state index in [9.17, 15) is 4.79 Å². The molecule has 1 heterocycles. The number of carbonyl (C=O) groups is 1. The number of carbonyl (C=O) groups excluding carboxylic acids is 1. The summed E-state index contributed by atoms with van der Waals surface area (Å²) in [5.41, 5.74) is 4.95. The molecule has 0 bridgehead atoms. The van der Waals surface area contributed by atoms with E-state index >= 15 is 0 Å². The lowest BCUT2D eigenvalue weighted by Crippen LogP contribution is -2.38. The number of benzene rings is 2. The van der Waals surface area contributed by atoms with Gasteiger partial charge >= 0.3 is 0 Å². The van der Waals surface area contributed by atoms with Gasteiger partial charge in [-0.05, 0) is 35.6 Å². The molecule has 1 N–H and O–H groups in total. The number of amides is 1. The summed E-state index contributed by atoms with van der Waals surface area (Å²) in [5, 5.41) is 3.45. The van der Waals surface area contributed by atoms with Crippen LogP contribution in [0.5, 0.6) is 0 Å². The van der Waals surface area contributed by atoms with Crippen LogP contribution < -0.4 is 5.32 Å². The van der Waals surface area contributed by atoms with E-state index in [2.05, 4.69) is 77.7 Å². The molecule has 1 saturated heterocycles. The summed E-state index contributed by atoms with van der Waals surface area (Å²) in [6.07, 6.45) is 1.66. The van der Waals surface area contributed by atoms with Gasteiger partial charge in [0.15, 0.2) is 5.96 Å². The van der Waals surface area contributed by atoms with Crippen LogP contribution in [0.2, 0.25) is 0 Å². The van der Waals surface area contributed by atoms with Gasteiger partial charge in [-0.2, -0.15) is 0 Å². The zero-order valence-electron chi connectivity index (χ0n) is 17.5. The second-order valence-electron chi connectivity index (χ2n) is 7.42. The Balaban J connectivity index is 0.00000300. The fourth-order valence-electron chi connectivity index (χ4n) is 3.61. The first-order chi connectivity index (χ1) is 13.6. The van der Waals surface area contributed by atoms with E-state index in [-0.39, 0.29) is 29.9 Å². The van der Waals surface area contributed by atoms with E-state index in [4.69, 9.17) is 0 Å². The zero-order valence-corrected chi connectivity index (χ0v) is 19.8. The number of hydrogen-bond acceptors (Lipinski definition) is 2. The maximum Gasteiger partial charge on any atom is 0.222 e. The van der Waals surface area contributed by atoms with Crippen molar-refractivity contribution in [3.63, 3.8) is 0 Å². The molecule has 3 rings (SSSR count). The van der Waals surface area contributed by atoms with Gasteiger partial charge in [-0.15, -0.1) is 24.0 Å². The summed E-state index contributed by atoms with van der Waals surface area (Å²) < 4.78 is 0. The third-order valence-corrected chi connectivity index (χ3v) is 5.23. The van der Waals surface area contributed by atoms with Gasteiger partial charge in [-0.25, -0.2) is 0 Å². The summed E-state index contributed by atoms with van der Waals surface area (Å²) in [5.74, 6) is 1.13. The number of halogens is 1. The third-order valence-electron chi connectivity index (χ3n) is 5.23. The molecular weight excluding hydrogens is 475 g/mol. The molecule has 0 radical (unpaired) electrons. The summed E-state index contributed by atoms with van der Waals surface area (Å²) in [6, 6.07) is 16.9. The molecule has 1 fully saturated rings. The van der Waals surface area contributed by atoms with Crippen LogP contribution in [0.4, 0.5) is 0 Å². The third kappa shape index (κ3) is 6.45. The minimum absolute atomic E-state index is 0. The van der Waals surface area contributed by atoms with Crippen molar-refractivity contribution in [1.29, 1.82) is 0 Å². The van der Waals surface area contributed by atoms with E-state index in [0.29, 0.717) is 19.5 Å². The van der Waals surface area contributed by atoms with Gasteiger partial charge in [-0.1, -0.05) is 48.5 Å². The Labute approximate surface area is 191 Å². The molecule has 0 unspecified atom stereocenters. The number of likely N-dealkylation sites (tertiary alicyclic amines) is 1. The Morgan fingerprint density at radius 3 is 2.62 bits per heavy atom. The minimum atomic E-state index is 0. The van der Waals surface area contributed by atoms with Crippen LogP contribution in [0.25, 0.3) is 0 Å². The number of guanidine groups is 1. The maximum absolute atomic E-state index is 11.9. The predicted molar refractivity (Wildman–Crippen MR) is 129 cm³/mol. The Morgan fingerprint density at radius 2 is 1.93 bits per heavy atom. The van der Waals surface area contributed by atoms with Crippen LogP contribution in [0.15, 0.2) is 53.5 Å². The first-order valence-corrected chi connectivity index (χ1v) is 9.88. The Kier molecular flexibility index (Phi) is 8.95. The van der Waals surface area contributed by atoms with Gasteiger partial charge in [0.25, 0.3) is 0 Å². The molecule has 0 aromatic heterocycles. The van der Waals surface area contributed by atoms with Crippen molar-refractivity contribution in [3.05, 3.63) is 70.8 Å². The molecule has 1 amide bonds. The molecule has 0 aliphatic carbocycles. The van der Waals surface area contributed by atoms with Gasteiger partial charge in [0.2, 0.25) is 5.91 Å². The summed E-state index contributed by atoms with van der Waals surface area (Å²) >= 11 is 0. The topological polar surface area (TPSA) is 47.9 Å². The van der Waals surface area contributed by atoms with E-state index in [1.807, 2.05) is 11.9 Å². The van der Waals surface area contributed by atoms with E-state index in [0.717, 1.165) is 25.5 Å². The Bertz CT molecular complexity index is 852. The summed E-state index contributed by atoms with van der Waals surface area (Å²) in [7, 11) is 3.86. The van der Waals surface area contributed by atoms with Crippen molar-refractivity contribution in [2.24, 2.45) is 4.99 Å². The average Bonchev–Trinajstić information content (AvgIpc) is 3.09. The monoisotopic (exact) mass is 506 g/mol. The number of hydrogen-bond donors (Lipinski definition) is 1. The first kappa shape index (κ1) is 23.2. The van der Waals surface area contributed by atoms with Gasteiger partial charge in [0.05, 0.1) is 0 Å². The molecule has 1 aliphatic rings. The first-order valence-electron chi connectivity index (χ1n) is 9.88. The van der Waals surface area contributed by atoms with Crippen molar-refractivity contribution in [3.8, 4) is 0 Å². The van der Waals surface area contributed by atoms with Crippen molar-refractivity contribution in [2.75, 3.05) is 20.6 Å². The molecule has 0 saturated carbocycles. The van der Waals surface area contributed by atoms with Crippen LogP contribution >= 0.6 is 24.0 Å². The average molecular weight is 506 g/mol. The van der Waals surface area contributed by atoms with E-state index in [1.54, 1.807) is 0 Å². The molecule has 5 nitrogen and oxygen atoms in total. The molecule has 29 heavy (non-hydrogen) atoms. The highest BCUT2D eigenvalue weighted by atomic mass is 127. The molecule has 2 aromatic rings. The van der Waals surface area contributed by atoms with Crippen LogP contribution in [0.3, 0.4) is 0 Å². The molecule has 6 heteroatoms. The standard InChI is InChI=1S/C23H30N4O.HI/c1-18-8-4-5-11-21(18)17-26(3)23(24-2)25-15-19-9-6-10-20(14-19)16-27-13-7-12-22(27)28;/h4-6,8-11,14H,7,12-13,15-17H2,1-3H3,(H,24,25);1H. The highest BCUT2D eigenvalue weighted by molar-refractivity contribution is 14.0. The van der Waals surface area contributed by atoms with Crippen LogP contribution in [0, 0.1) is 6.92 Å². The smallest absolute Gasteiger partial charge is 0.222 e. The van der Waals surface area contributed by atoms with Gasteiger partial charge in [0, 0.05) is 46.7 Å². The molecule has 2 aromatic carbocycles. The Hall–Kier alpha value is -2.09. The molecule has 156 valence electrons. The Morgan fingerprint density at radius 1 is 1.17 bits per heavy atom. The molecule has 1 aliphatic heterocycles. The van der Waals surface area contributed by atoms with Crippen molar-refractivity contribution in [2.45, 2.75) is 39.4 Å². The quantitative estimate of drug-likeness (QED) is 0.367. The number of nitrogens with zero attached hydrogens (tertiary/aromatic N) is 3. The highest BCUT2D eigenvalue weighted by Gasteiger charge is 2.20. The number of rotatable bonds is 6. The molecule has 0 spiro atoms. The number of nitrogens with one attached hydrogen (secondary N) is 1. The van der Waals surface area contributed by atoms with E-state index in [1.165, 1.54) is 22.3 Å². The fourth-order valence-corrected chi connectivity index (χ4v) is 3.61. The maximum atomic E-state index is 11.9. The fraction of sp³-hybridized carbons (Fsp3) is 0.391. The second-order valence-corrected chi connectivity index (χ2v) is 7.42. The SMILES string of the molecule is CN=C(NCc1cccc(CN2CCCC2=O)c1)N(C)Cc1ccccc1C.I. The lowest BCUT2D eigenvalue weighted by molar-refractivity contribution is -0.128. The number of aliphatic imine (C=N–C) groups is 1. The lowest BCUT2D eigenvalue weighted by Gasteiger charge is -2.23. The van der Waals surface area contributed by atoms with Gasteiger partial charge in [-0.3, -0.25) is 9.79 Å². The largest absolute Gasteiger partial charge is 0.352 e. The highest BCUT2D eigenvalue weighted by Crippen LogP contribution is 2.15.